The summed E-state index contributed by atoms with van der Waals surface area (Å²) in [6.45, 7) is 5.13. The first-order valence-electron chi connectivity index (χ1n) is 11.3. The van der Waals surface area contributed by atoms with Crippen LogP contribution in [0.15, 0.2) is 53.3 Å². The van der Waals surface area contributed by atoms with Gasteiger partial charge in [0.1, 0.15) is 0 Å². The van der Waals surface area contributed by atoms with E-state index in [1.165, 1.54) is 6.92 Å². The predicted octanol–water partition coefficient (Wildman–Crippen LogP) is 6.31. The zero-order valence-corrected chi connectivity index (χ0v) is 22.3. The van der Waals surface area contributed by atoms with E-state index < -0.39 is 5.97 Å². The molecule has 2 heterocycles. The van der Waals surface area contributed by atoms with Crippen molar-refractivity contribution in [2.75, 3.05) is 5.32 Å². The first-order chi connectivity index (χ1) is 17.2. The van der Waals surface area contributed by atoms with Crippen LogP contribution in [0.2, 0.25) is 5.02 Å². The van der Waals surface area contributed by atoms with Crippen LogP contribution in [0.4, 0.5) is 5.69 Å². The number of amides is 1. The van der Waals surface area contributed by atoms with Crippen LogP contribution in [-0.2, 0) is 16.3 Å². The van der Waals surface area contributed by atoms with Crippen molar-refractivity contribution in [1.82, 2.24) is 14.3 Å². The molecular weight excluding hydrogens is 548 g/mol. The standard InChI is InChI=1S/C26H24BrClN4O4/c1-4-5-25(34)20-12-29-32(15(20)2)18-7-8-23(22(27)11-18)30-26(35)21-13-31(14-36-16(3)33)24-9-6-17(28)10-19(21)24/h6-13H,4-5,14H2,1-3H3,(H,30,35). The van der Waals surface area contributed by atoms with Gasteiger partial charge in [-0.25, -0.2) is 4.68 Å². The van der Waals surface area contributed by atoms with Gasteiger partial charge in [0.15, 0.2) is 12.5 Å². The molecule has 0 saturated heterocycles. The third-order valence-electron chi connectivity index (χ3n) is 5.73. The number of hydrogen-bond acceptors (Lipinski definition) is 5. The van der Waals surface area contributed by atoms with Gasteiger partial charge in [-0.15, -0.1) is 0 Å². The number of ketones is 1. The van der Waals surface area contributed by atoms with Crippen LogP contribution in [0.3, 0.4) is 0 Å². The zero-order valence-electron chi connectivity index (χ0n) is 20.0. The first kappa shape index (κ1) is 25.7. The third kappa shape index (κ3) is 5.22. The minimum atomic E-state index is -0.421. The maximum Gasteiger partial charge on any atom is 0.304 e. The van der Waals surface area contributed by atoms with Crippen molar-refractivity contribution in [3.05, 3.63) is 75.1 Å². The van der Waals surface area contributed by atoms with Gasteiger partial charge in [-0.2, -0.15) is 5.10 Å². The number of anilines is 1. The third-order valence-corrected chi connectivity index (χ3v) is 6.62. The molecule has 0 spiro atoms. The van der Waals surface area contributed by atoms with Crippen molar-refractivity contribution in [3.63, 3.8) is 0 Å². The Balaban J connectivity index is 1.61. The summed E-state index contributed by atoms with van der Waals surface area (Å²) in [5.41, 5.74) is 3.76. The molecule has 0 aliphatic heterocycles. The average Bonchev–Trinajstić information content (AvgIpc) is 3.39. The molecule has 36 heavy (non-hydrogen) atoms. The molecule has 2 aromatic heterocycles. The molecule has 4 aromatic rings. The van der Waals surface area contributed by atoms with Crippen molar-refractivity contribution >= 4 is 61.8 Å². The maximum atomic E-state index is 13.2. The van der Waals surface area contributed by atoms with E-state index in [0.29, 0.717) is 43.6 Å². The lowest BCUT2D eigenvalue weighted by molar-refractivity contribution is -0.144. The van der Waals surface area contributed by atoms with Gasteiger partial charge in [-0.05, 0) is 65.7 Å². The predicted molar refractivity (Wildman–Crippen MR) is 142 cm³/mol. The molecule has 0 aliphatic carbocycles. The van der Waals surface area contributed by atoms with Crippen molar-refractivity contribution in [2.45, 2.75) is 40.3 Å². The molecule has 8 nitrogen and oxygen atoms in total. The molecule has 0 atom stereocenters. The number of benzene rings is 2. The maximum absolute atomic E-state index is 13.2. The summed E-state index contributed by atoms with van der Waals surface area (Å²) in [4.78, 5) is 36.9. The van der Waals surface area contributed by atoms with Gasteiger partial charge in [0.25, 0.3) is 5.91 Å². The topological polar surface area (TPSA) is 95.2 Å². The molecule has 0 unspecified atom stereocenters. The minimum absolute atomic E-state index is 0.0227. The van der Waals surface area contributed by atoms with Crippen molar-refractivity contribution in [3.8, 4) is 5.69 Å². The number of aromatic nitrogens is 3. The number of ether oxygens (including phenoxy) is 1. The summed E-state index contributed by atoms with van der Waals surface area (Å²) in [6.07, 6.45) is 4.47. The molecule has 0 aliphatic rings. The van der Waals surface area contributed by atoms with Gasteiger partial charge in [-0.3, -0.25) is 14.4 Å². The summed E-state index contributed by atoms with van der Waals surface area (Å²) in [6, 6.07) is 10.6. The fourth-order valence-electron chi connectivity index (χ4n) is 3.95. The molecule has 1 amide bonds. The number of rotatable bonds is 8. The van der Waals surface area contributed by atoms with Gasteiger partial charge in [-0.1, -0.05) is 18.5 Å². The number of nitrogens with one attached hydrogen (secondary N) is 1. The normalized spacial score (nSPS) is 11.0. The molecule has 4 rings (SSSR count). The number of halogens is 2. The van der Waals surface area contributed by atoms with Gasteiger partial charge in [0.05, 0.1) is 39.9 Å². The number of carbonyl (C=O) groups excluding carboxylic acids is 3. The number of esters is 1. The highest BCUT2D eigenvalue weighted by Gasteiger charge is 2.19. The number of hydrogen-bond donors (Lipinski definition) is 1. The smallest absolute Gasteiger partial charge is 0.304 e. The zero-order chi connectivity index (χ0) is 26.0. The second kappa shape index (κ2) is 10.7. The molecule has 0 saturated carbocycles. The summed E-state index contributed by atoms with van der Waals surface area (Å²) in [7, 11) is 0. The molecule has 1 N–H and O–H groups in total. The summed E-state index contributed by atoms with van der Waals surface area (Å²) in [5, 5.41) is 8.42. The molecule has 0 radical (unpaired) electrons. The lowest BCUT2D eigenvalue weighted by atomic mass is 10.1. The van der Waals surface area contributed by atoms with E-state index in [1.807, 2.05) is 26.0 Å². The Kier molecular flexibility index (Phi) is 7.61. The number of carbonyl (C=O) groups is 3. The molecular formula is C26H24BrClN4O4. The molecule has 2 aromatic carbocycles. The Morgan fingerprint density at radius 1 is 1.14 bits per heavy atom. The second-order valence-corrected chi connectivity index (χ2v) is 9.58. The van der Waals surface area contributed by atoms with Crippen LogP contribution >= 0.6 is 27.5 Å². The van der Waals surface area contributed by atoms with E-state index >= 15 is 0 Å². The Hall–Kier alpha value is -3.43. The largest absolute Gasteiger partial charge is 0.444 e. The van der Waals surface area contributed by atoms with E-state index in [-0.39, 0.29) is 18.4 Å². The quantitative estimate of drug-likeness (QED) is 0.198. The Morgan fingerprint density at radius 3 is 2.61 bits per heavy atom. The van der Waals surface area contributed by atoms with Crippen LogP contribution in [0.25, 0.3) is 16.6 Å². The highest BCUT2D eigenvalue weighted by Crippen LogP contribution is 2.29. The lowest BCUT2D eigenvalue weighted by Gasteiger charge is -2.11. The number of fused-ring (bicyclic) bond motifs is 1. The van der Waals surface area contributed by atoms with Crippen LogP contribution in [0.5, 0.6) is 0 Å². The fraction of sp³-hybridized carbons (Fsp3) is 0.231. The fourth-order valence-corrected chi connectivity index (χ4v) is 4.59. The van der Waals surface area contributed by atoms with E-state index in [9.17, 15) is 14.4 Å². The van der Waals surface area contributed by atoms with E-state index in [0.717, 1.165) is 17.8 Å². The Bertz CT molecular complexity index is 1490. The van der Waals surface area contributed by atoms with Crippen molar-refractivity contribution in [1.29, 1.82) is 0 Å². The molecule has 0 fully saturated rings. The summed E-state index contributed by atoms with van der Waals surface area (Å²) in [5.74, 6) is -0.702. The molecule has 10 heteroatoms. The van der Waals surface area contributed by atoms with E-state index in [4.69, 9.17) is 16.3 Å². The SMILES string of the molecule is CCCC(=O)c1cnn(-c2ccc(NC(=O)c3cn(COC(C)=O)c4ccc(Cl)cc34)c(Br)c2)c1C. The van der Waals surface area contributed by atoms with Crippen molar-refractivity contribution < 1.29 is 19.1 Å². The van der Waals surface area contributed by atoms with E-state index in [1.54, 1.807) is 45.9 Å². The number of nitrogens with zero attached hydrogens (tertiary/aromatic N) is 3. The highest BCUT2D eigenvalue weighted by atomic mass is 79.9. The lowest BCUT2D eigenvalue weighted by Crippen LogP contribution is -2.12. The highest BCUT2D eigenvalue weighted by molar-refractivity contribution is 9.10. The molecule has 0 bridgehead atoms. The summed E-state index contributed by atoms with van der Waals surface area (Å²) < 4.78 is 9.14. The van der Waals surface area contributed by atoms with Gasteiger partial charge in [0.2, 0.25) is 0 Å². The second-order valence-electron chi connectivity index (χ2n) is 8.29. The van der Waals surface area contributed by atoms with Gasteiger partial charge in [0, 0.05) is 34.4 Å². The van der Waals surface area contributed by atoms with Gasteiger partial charge >= 0.3 is 5.97 Å². The monoisotopic (exact) mass is 570 g/mol. The van der Waals surface area contributed by atoms with Crippen LogP contribution < -0.4 is 5.32 Å². The molecule has 186 valence electrons. The van der Waals surface area contributed by atoms with Gasteiger partial charge < -0.3 is 14.6 Å². The van der Waals surface area contributed by atoms with E-state index in [2.05, 4.69) is 26.3 Å². The Morgan fingerprint density at radius 2 is 1.92 bits per heavy atom. The number of Topliss-reactive ketones (excluding diaryl/α,β-unsaturated/α-hetero) is 1. The Labute approximate surface area is 221 Å². The van der Waals surface area contributed by atoms with Crippen LogP contribution in [0.1, 0.15) is 53.1 Å². The van der Waals surface area contributed by atoms with Crippen LogP contribution in [-0.4, -0.2) is 32.0 Å². The van der Waals surface area contributed by atoms with Crippen LogP contribution in [0, 0.1) is 6.92 Å². The minimum Gasteiger partial charge on any atom is -0.444 e. The van der Waals surface area contributed by atoms with Crippen molar-refractivity contribution in [2.24, 2.45) is 0 Å². The summed E-state index contributed by atoms with van der Waals surface area (Å²) >= 11 is 9.71. The first-order valence-corrected chi connectivity index (χ1v) is 12.5. The average molecular weight is 572 g/mol.